The molecule has 30 heavy (non-hydrogen) atoms. The van der Waals surface area contributed by atoms with Crippen molar-refractivity contribution < 1.29 is 14.3 Å². The maximum absolute atomic E-state index is 13.1. The van der Waals surface area contributed by atoms with E-state index in [1.165, 1.54) is 12.7 Å². The molecule has 0 aliphatic carbocycles. The molecule has 2 aliphatic rings. The van der Waals surface area contributed by atoms with Gasteiger partial charge in [0.2, 0.25) is 5.91 Å². The van der Waals surface area contributed by atoms with Crippen LogP contribution in [0.2, 0.25) is 5.02 Å². The highest BCUT2D eigenvalue weighted by Gasteiger charge is 2.57. The molecule has 0 radical (unpaired) electrons. The lowest BCUT2D eigenvalue weighted by Gasteiger charge is -2.50. The van der Waals surface area contributed by atoms with Gasteiger partial charge in [-0.2, -0.15) is 0 Å². The quantitative estimate of drug-likeness (QED) is 0.796. The van der Waals surface area contributed by atoms with Crippen LogP contribution >= 0.6 is 11.6 Å². The molecular weight excluding hydrogens is 402 g/mol. The van der Waals surface area contributed by atoms with Crippen LogP contribution in [0.3, 0.4) is 0 Å². The Bertz CT molecular complexity index is 944. The first kappa shape index (κ1) is 20.7. The first-order valence-corrected chi connectivity index (χ1v) is 10.4. The number of ether oxygens (including phenoxy) is 1. The average molecular weight is 428 g/mol. The van der Waals surface area contributed by atoms with Gasteiger partial charge < -0.3 is 15.0 Å². The van der Waals surface area contributed by atoms with Crippen LogP contribution in [0.15, 0.2) is 48.5 Å². The zero-order valence-electron chi connectivity index (χ0n) is 17.2. The number of carbonyl (C=O) groups excluding carboxylic acids is 2. The van der Waals surface area contributed by atoms with Gasteiger partial charge in [0.1, 0.15) is 5.75 Å². The molecule has 1 N–H and O–H groups in total. The van der Waals surface area contributed by atoms with Crippen molar-refractivity contribution in [2.24, 2.45) is 11.3 Å². The van der Waals surface area contributed by atoms with Gasteiger partial charge in [-0.05, 0) is 23.8 Å². The molecule has 7 heteroatoms. The van der Waals surface area contributed by atoms with Gasteiger partial charge in [-0.15, -0.1) is 0 Å². The molecule has 2 fully saturated rings. The van der Waals surface area contributed by atoms with Crippen molar-refractivity contribution in [1.82, 2.24) is 15.1 Å². The fraction of sp³-hybridized carbons (Fsp3) is 0.391. The number of hydrogen-bond donors (Lipinski definition) is 1. The Balaban J connectivity index is 1.49. The van der Waals surface area contributed by atoms with Crippen molar-refractivity contribution >= 4 is 23.4 Å². The molecule has 2 saturated heterocycles. The van der Waals surface area contributed by atoms with Crippen molar-refractivity contribution in [3.05, 3.63) is 64.7 Å². The van der Waals surface area contributed by atoms with Crippen LogP contribution in [0, 0.1) is 11.3 Å². The first-order chi connectivity index (χ1) is 14.5. The highest BCUT2D eigenvalue weighted by atomic mass is 35.5. The van der Waals surface area contributed by atoms with E-state index in [9.17, 15) is 9.59 Å². The summed E-state index contributed by atoms with van der Waals surface area (Å²) in [5.41, 5.74) is 1.50. The predicted octanol–water partition coefficient (Wildman–Crippen LogP) is 2.67. The highest BCUT2D eigenvalue weighted by Crippen LogP contribution is 2.45. The van der Waals surface area contributed by atoms with E-state index in [4.69, 9.17) is 16.3 Å². The van der Waals surface area contributed by atoms with Crippen LogP contribution in [-0.4, -0.2) is 62.0 Å². The van der Waals surface area contributed by atoms with E-state index < -0.39 is 0 Å². The molecular formula is C23H26ClN3O3. The molecule has 2 aliphatic heterocycles. The number of carbonyl (C=O) groups is 2. The number of nitrogens with one attached hydrogen (secondary N) is 1. The third-order valence-electron chi connectivity index (χ3n) is 6.22. The van der Waals surface area contributed by atoms with Gasteiger partial charge >= 0.3 is 0 Å². The Hall–Kier alpha value is -2.57. The molecule has 2 aromatic carbocycles. The van der Waals surface area contributed by atoms with Crippen LogP contribution in [0.4, 0.5) is 0 Å². The number of halogens is 1. The second kappa shape index (κ2) is 8.28. The van der Waals surface area contributed by atoms with Gasteiger partial charge in [0, 0.05) is 50.2 Å². The zero-order valence-corrected chi connectivity index (χ0v) is 18.0. The van der Waals surface area contributed by atoms with Gasteiger partial charge in [0.05, 0.1) is 18.6 Å². The third-order valence-corrected chi connectivity index (χ3v) is 6.46. The van der Waals surface area contributed by atoms with Crippen molar-refractivity contribution in [2.45, 2.75) is 6.54 Å². The number of rotatable bonds is 5. The van der Waals surface area contributed by atoms with Gasteiger partial charge in [0.15, 0.2) is 0 Å². The molecule has 2 aromatic rings. The van der Waals surface area contributed by atoms with Crippen molar-refractivity contribution in [1.29, 1.82) is 0 Å². The Kier molecular flexibility index (Phi) is 5.71. The summed E-state index contributed by atoms with van der Waals surface area (Å²) >= 11 is 6.02. The molecule has 158 valence electrons. The summed E-state index contributed by atoms with van der Waals surface area (Å²) in [5, 5.41) is 3.33. The summed E-state index contributed by atoms with van der Waals surface area (Å²) in [6, 6.07) is 15.3. The topological polar surface area (TPSA) is 61.9 Å². The van der Waals surface area contributed by atoms with E-state index in [1.54, 1.807) is 30.1 Å². The number of amides is 2. The summed E-state index contributed by atoms with van der Waals surface area (Å²) in [6.45, 7) is 3.40. The molecule has 4 rings (SSSR count). The van der Waals surface area contributed by atoms with Crippen molar-refractivity contribution in [3.8, 4) is 5.75 Å². The normalized spacial score (nSPS) is 20.1. The van der Waals surface area contributed by atoms with E-state index in [0.717, 1.165) is 13.1 Å². The van der Waals surface area contributed by atoms with E-state index >= 15 is 0 Å². The van der Waals surface area contributed by atoms with Crippen LogP contribution in [-0.2, 0) is 11.3 Å². The SMILES string of the molecule is CNC(=O)C1CN(Cc2ccccc2)CC12CN(C(=O)c1ccc(Cl)cc1OC)C2. The fourth-order valence-corrected chi connectivity index (χ4v) is 4.92. The predicted molar refractivity (Wildman–Crippen MR) is 116 cm³/mol. The molecule has 1 atom stereocenters. The molecule has 0 bridgehead atoms. The Morgan fingerprint density at radius 3 is 2.57 bits per heavy atom. The molecule has 0 saturated carbocycles. The number of benzene rings is 2. The Morgan fingerprint density at radius 1 is 1.17 bits per heavy atom. The van der Waals surface area contributed by atoms with Crippen LogP contribution < -0.4 is 10.1 Å². The molecule has 2 amide bonds. The molecule has 1 unspecified atom stereocenters. The highest BCUT2D eigenvalue weighted by molar-refractivity contribution is 6.30. The van der Waals surface area contributed by atoms with Gasteiger partial charge in [0.25, 0.3) is 5.91 Å². The van der Waals surface area contributed by atoms with Gasteiger partial charge in [-0.1, -0.05) is 41.9 Å². The van der Waals surface area contributed by atoms with Crippen LogP contribution in [0.1, 0.15) is 15.9 Å². The lowest BCUT2D eigenvalue weighted by Crippen LogP contribution is -2.63. The maximum atomic E-state index is 13.1. The average Bonchev–Trinajstić information content (AvgIpc) is 3.11. The third kappa shape index (κ3) is 3.77. The summed E-state index contributed by atoms with van der Waals surface area (Å²) in [7, 11) is 3.20. The van der Waals surface area contributed by atoms with Crippen LogP contribution in [0.25, 0.3) is 0 Å². The Morgan fingerprint density at radius 2 is 1.90 bits per heavy atom. The number of hydrogen-bond acceptors (Lipinski definition) is 4. The largest absolute Gasteiger partial charge is 0.496 e. The number of nitrogens with zero attached hydrogens (tertiary/aromatic N) is 2. The standard InChI is InChI=1S/C23H26ClN3O3/c1-25-21(28)19-12-26(11-16-6-4-3-5-7-16)13-23(19)14-27(15-23)22(29)18-9-8-17(24)10-20(18)30-2/h3-10,19H,11-15H2,1-2H3,(H,25,28). The van der Waals surface area contributed by atoms with Crippen molar-refractivity contribution in [2.75, 3.05) is 40.3 Å². The Labute approximate surface area is 181 Å². The number of methoxy groups -OCH3 is 1. The summed E-state index contributed by atoms with van der Waals surface area (Å²) in [6.07, 6.45) is 0. The van der Waals surface area contributed by atoms with Gasteiger partial charge in [-0.25, -0.2) is 0 Å². The van der Waals surface area contributed by atoms with Crippen LogP contribution in [0.5, 0.6) is 5.75 Å². The molecule has 6 nitrogen and oxygen atoms in total. The minimum atomic E-state index is -0.218. The van der Waals surface area contributed by atoms with E-state index in [2.05, 4.69) is 22.3 Å². The van der Waals surface area contributed by atoms with E-state index in [0.29, 0.717) is 36.0 Å². The molecule has 2 heterocycles. The number of likely N-dealkylation sites (tertiary alicyclic amines) is 2. The maximum Gasteiger partial charge on any atom is 0.257 e. The summed E-state index contributed by atoms with van der Waals surface area (Å²) in [4.78, 5) is 29.8. The lowest BCUT2D eigenvalue weighted by atomic mass is 9.71. The molecule has 1 spiro atoms. The second-order valence-electron chi connectivity index (χ2n) is 8.19. The first-order valence-electron chi connectivity index (χ1n) is 10.1. The summed E-state index contributed by atoms with van der Waals surface area (Å²) < 4.78 is 5.34. The van der Waals surface area contributed by atoms with Crippen molar-refractivity contribution in [3.63, 3.8) is 0 Å². The lowest BCUT2D eigenvalue weighted by molar-refractivity contribution is -0.130. The monoisotopic (exact) mass is 427 g/mol. The van der Waals surface area contributed by atoms with E-state index in [1.807, 2.05) is 18.2 Å². The minimum Gasteiger partial charge on any atom is -0.496 e. The minimum absolute atomic E-state index is 0.0433. The van der Waals surface area contributed by atoms with E-state index in [-0.39, 0.29) is 23.1 Å². The fourth-order valence-electron chi connectivity index (χ4n) is 4.76. The molecule has 0 aromatic heterocycles. The zero-order chi connectivity index (χ0) is 21.3. The summed E-state index contributed by atoms with van der Waals surface area (Å²) in [5.74, 6) is 0.281. The van der Waals surface area contributed by atoms with Gasteiger partial charge in [-0.3, -0.25) is 14.5 Å². The second-order valence-corrected chi connectivity index (χ2v) is 8.63. The smallest absolute Gasteiger partial charge is 0.257 e.